The van der Waals surface area contributed by atoms with Gasteiger partial charge in [0.1, 0.15) is 6.10 Å². The van der Waals surface area contributed by atoms with Crippen LogP contribution in [-0.2, 0) is 9.53 Å². The number of nitro benzene ring substituents is 1. The molecule has 0 heterocycles. The minimum atomic E-state index is -1.94. The molecular weight excluding hydrogens is 292 g/mol. The van der Waals surface area contributed by atoms with Crippen molar-refractivity contribution in [3.8, 4) is 0 Å². The van der Waals surface area contributed by atoms with Crippen LogP contribution in [0.3, 0.4) is 0 Å². The summed E-state index contributed by atoms with van der Waals surface area (Å²) >= 11 is 0. The Balaban J connectivity index is 3.05. The van der Waals surface area contributed by atoms with Crippen LogP contribution in [0.1, 0.15) is 25.0 Å². The van der Waals surface area contributed by atoms with E-state index in [1.54, 1.807) is 0 Å². The first-order valence-electron chi connectivity index (χ1n) is 5.93. The molecule has 0 aliphatic carbocycles. The van der Waals surface area contributed by atoms with E-state index in [-0.39, 0.29) is 6.61 Å². The van der Waals surface area contributed by atoms with E-state index in [1.807, 2.05) is 0 Å². The molecule has 0 aromatic heterocycles. The molecule has 0 aliphatic heterocycles. The number of esters is 1. The van der Waals surface area contributed by atoms with Gasteiger partial charge in [0.25, 0.3) is 5.69 Å². The highest BCUT2D eigenvalue weighted by molar-refractivity contribution is 5.70. The molecule has 0 aliphatic rings. The summed E-state index contributed by atoms with van der Waals surface area (Å²) in [5.41, 5.74) is -1.53. The Morgan fingerprint density at radius 3 is 2.48 bits per heavy atom. The summed E-state index contributed by atoms with van der Waals surface area (Å²) in [6, 6.07) is 0.706. The van der Waals surface area contributed by atoms with E-state index in [4.69, 9.17) is 0 Å². The lowest BCUT2D eigenvalue weighted by molar-refractivity contribution is -0.386. The first-order valence-corrected chi connectivity index (χ1v) is 5.93. The molecule has 116 valence electrons. The number of aliphatic hydroxyl groups excluding tert-OH is 2. The maximum Gasteiger partial charge on any atom is 0.308 e. The van der Waals surface area contributed by atoms with E-state index in [2.05, 4.69) is 4.74 Å². The maximum absolute atomic E-state index is 13.1. The van der Waals surface area contributed by atoms with Gasteiger partial charge in [-0.3, -0.25) is 14.9 Å². The SMILES string of the molecule is CCOC(=O)CC(O)C(O)c1cc(F)c(F)cc1[N+](=O)[O-]. The van der Waals surface area contributed by atoms with Crippen LogP contribution in [0.15, 0.2) is 12.1 Å². The van der Waals surface area contributed by atoms with Crippen LogP contribution < -0.4 is 0 Å². The summed E-state index contributed by atoms with van der Waals surface area (Å²) in [6.07, 6.45) is -4.34. The van der Waals surface area contributed by atoms with Gasteiger partial charge in [0.15, 0.2) is 11.6 Å². The molecule has 9 heteroatoms. The van der Waals surface area contributed by atoms with Gasteiger partial charge in [-0.2, -0.15) is 0 Å². The predicted molar refractivity (Wildman–Crippen MR) is 65.2 cm³/mol. The fourth-order valence-corrected chi connectivity index (χ4v) is 1.66. The third-order valence-corrected chi connectivity index (χ3v) is 2.63. The molecule has 21 heavy (non-hydrogen) atoms. The van der Waals surface area contributed by atoms with Gasteiger partial charge in [-0.25, -0.2) is 8.78 Å². The van der Waals surface area contributed by atoms with Crippen molar-refractivity contribution in [2.45, 2.75) is 25.6 Å². The number of halogens is 2. The largest absolute Gasteiger partial charge is 0.466 e. The Morgan fingerprint density at radius 1 is 1.38 bits per heavy atom. The molecule has 0 radical (unpaired) electrons. The smallest absolute Gasteiger partial charge is 0.308 e. The molecule has 1 aromatic rings. The summed E-state index contributed by atoms with van der Waals surface area (Å²) in [5.74, 6) is -3.72. The van der Waals surface area contributed by atoms with E-state index in [9.17, 15) is 33.9 Å². The second kappa shape index (κ2) is 7.04. The van der Waals surface area contributed by atoms with Crippen LogP contribution >= 0.6 is 0 Å². The van der Waals surface area contributed by atoms with E-state index >= 15 is 0 Å². The molecule has 1 rings (SSSR count). The third-order valence-electron chi connectivity index (χ3n) is 2.63. The summed E-state index contributed by atoms with van der Waals surface area (Å²) in [6.45, 7) is 1.58. The van der Waals surface area contributed by atoms with Crippen molar-refractivity contribution in [2.75, 3.05) is 6.61 Å². The van der Waals surface area contributed by atoms with Crippen molar-refractivity contribution in [1.82, 2.24) is 0 Å². The van der Waals surface area contributed by atoms with E-state index in [0.717, 1.165) is 0 Å². The van der Waals surface area contributed by atoms with Crippen LogP contribution in [0.4, 0.5) is 14.5 Å². The van der Waals surface area contributed by atoms with Gasteiger partial charge >= 0.3 is 5.97 Å². The number of carbonyl (C=O) groups is 1. The lowest BCUT2D eigenvalue weighted by Crippen LogP contribution is -2.24. The number of hydrogen-bond donors (Lipinski definition) is 2. The number of benzene rings is 1. The van der Waals surface area contributed by atoms with Crippen LogP contribution in [0, 0.1) is 21.7 Å². The lowest BCUT2D eigenvalue weighted by atomic mass is 10.00. The van der Waals surface area contributed by atoms with E-state index in [1.165, 1.54) is 6.92 Å². The Labute approximate surface area is 117 Å². The molecule has 1 aromatic carbocycles. The molecule has 0 spiro atoms. The first kappa shape index (κ1) is 16.9. The molecule has 7 nitrogen and oxygen atoms in total. The Bertz CT molecular complexity index is 551. The van der Waals surface area contributed by atoms with Gasteiger partial charge in [0.2, 0.25) is 0 Å². The van der Waals surface area contributed by atoms with Crippen LogP contribution in [0.2, 0.25) is 0 Å². The lowest BCUT2D eigenvalue weighted by Gasteiger charge is -2.17. The monoisotopic (exact) mass is 305 g/mol. The molecule has 2 unspecified atom stereocenters. The van der Waals surface area contributed by atoms with Crippen LogP contribution in [0.5, 0.6) is 0 Å². The number of hydrogen-bond acceptors (Lipinski definition) is 6. The normalized spacial score (nSPS) is 13.6. The molecule has 0 amide bonds. The minimum Gasteiger partial charge on any atom is -0.466 e. The standard InChI is InChI=1S/C12H13F2NO6/c1-2-21-11(17)5-10(16)12(18)6-3-7(13)8(14)4-9(6)15(19)20/h3-4,10,12,16,18H,2,5H2,1H3. The van der Waals surface area contributed by atoms with Crippen LogP contribution in [0.25, 0.3) is 0 Å². The summed E-state index contributed by atoms with van der Waals surface area (Å²) in [7, 11) is 0. The Hall–Kier alpha value is -2.13. The van der Waals surface area contributed by atoms with Crippen molar-refractivity contribution in [1.29, 1.82) is 0 Å². The van der Waals surface area contributed by atoms with Gasteiger partial charge in [0.05, 0.1) is 35.7 Å². The zero-order chi connectivity index (χ0) is 16.2. The van der Waals surface area contributed by atoms with Crippen molar-refractivity contribution < 1.29 is 33.4 Å². The second-order valence-electron chi connectivity index (χ2n) is 4.10. The fraction of sp³-hybridized carbons (Fsp3) is 0.417. The number of carbonyl (C=O) groups excluding carboxylic acids is 1. The highest BCUT2D eigenvalue weighted by atomic mass is 19.2. The fourth-order valence-electron chi connectivity index (χ4n) is 1.66. The van der Waals surface area contributed by atoms with E-state index in [0.29, 0.717) is 12.1 Å². The van der Waals surface area contributed by atoms with Gasteiger partial charge < -0.3 is 14.9 Å². The third kappa shape index (κ3) is 4.17. The zero-order valence-electron chi connectivity index (χ0n) is 11.0. The molecular formula is C12H13F2NO6. The summed E-state index contributed by atoms with van der Waals surface area (Å²) < 4.78 is 30.7. The number of nitrogens with zero attached hydrogens (tertiary/aromatic N) is 1. The maximum atomic E-state index is 13.1. The molecule has 0 bridgehead atoms. The number of aliphatic hydroxyl groups is 2. The minimum absolute atomic E-state index is 0.0486. The molecule has 2 N–H and O–H groups in total. The quantitative estimate of drug-likeness (QED) is 0.464. The number of rotatable bonds is 6. The van der Waals surface area contributed by atoms with Crippen molar-refractivity contribution in [3.63, 3.8) is 0 Å². The van der Waals surface area contributed by atoms with E-state index < -0.39 is 52.4 Å². The van der Waals surface area contributed by atoms with Crippen molar-refractivity contribution in [3.05, 3.63) is 39.4 Å². The van der Waals surface area contributed by atoms with Crippen LogP contribution in [-0.4, -0.2) is 33.8 Å². The topological polar surface area (TPSA) is 110 Å². The van der Waals surface area contributed by atoms with Crippen molar-refractivity contribution >= 4 is 11.7 Å². The molecule has 0 saturated heterocycles. The Kier molecular flexibility index (Phi) is 5.68. The van der Waals surface area contributed by atoms with Gasteiger partial charge in [-0.05, 0) is 13.0 Å². The predicted octanol–water partition coefficient (Wildman–Crippen LogP) is 1.22. The second-order valence-corrected chi connectivity index (χ2v) is 4.10. The highest BCUT2D eigenvalue weighted by Gasteiger charge is 2.30. The van der Waals surface area contributed by atoms with Gasteiger partial charge in [-0.15, -0.1) is 0 Å². The van der Waals surface area contributed by atoms with Crippen molar-refractivity contribution in [2.24, 2.45) is 0 Å². The summed E-state index contributed by atoms with van der Waals surface area (Å²) in [5, 5.41) is 30.2. The molecule has 0 saturated carbocycles. The average molecular weight is 305 g/mol. The molecule has 2 atom stereocenters. The Morgan fingerprint density at radius 2 is 1.95 bits per heavy atom. The number of ether oxygens (including phenoxy) is 1. The summed E-state index contributed by atoms with van der Waals surface area (Å²) in [4.78, 5) is 20.9. The number of nitro groups is 1. The average Bonchev–Trinajstić information content (AvgIpc) is 2.40. The van der Waals surface area contributed by atoms with Gasteiger partial charge in [0, 0.05) is 0 Å². The first-order chi connectivity index (χ1) is 9.77. The zero-order valence-corrected chi connectivity index (χ0v) is 11.0. The molecule has 0 fully saturated rings. The van der Waals surface area contributed by atoms with Gasteiger partial charge in [-0.1, -0.05) is 0 Å². The highest BCUT2D eigenvalue weighted by Crippen LogP contribution is 2.30.